The molecule has 94 valence electrons. The first-order valence-corrected chi connectivity index (χ1v) is 7.19. The van der Waals surface area contributed by atoms with E-state index in [1.807, 2.05) is 18.8 Å². The summed E-state index contributed by atoms with van der Waals surface area (Å²) in [6.07, 6.45) is 2.36. The van der Waals surface area contributed by atoms with Gasteiger partial charge in [0, 0.05) is 29.4 Å². The zero-order valence-electron chi connectivity index (χ0n) is 10.6. The van der Waals surface area contributed by atoms with Gasteiger partial charge in [0.25, 0.3) is 0 Å². The zero-order chi connectivity index (χ0) is 12.1. The molecule has 0 spiro atoms. The number of hydrogen-bond acceptors (Lipinski definition) is 3. The molecule has 1 aliphatic rings. The fourth-order valence-electron chi connectivity index (χ4n) is 1.99. The SMILES string of the molecule is CNC(C)c1ccc(SC2CCOCC2)cc1. The number of thioether (sulfide) groups is 1. The summed E-state index contributed by atoms with van der Waals surface area (Å²) in [4.78, 5) is 1.38. The lowest BCUT2D eigenvalue weighted by Gasteiger charge is -2.21. The van der Waals surface area contributed by atoms with Crippen LogP contribution < -0.4 is 5.32 Å². The van der Waals surface area contributed by atoms with Gasteiger partial charge in [-0.1, -0.05) is 12.1 Å². The van der Waals surface area contributed by atoms with Crippen LogP contribution in [0.1, 0.15) is 31.4 Å². The van der Waals surface area contributed by atoms with Crippen LogP contribution in [0.4, 0.5) is 0 Å². The van der Waals surface area contributed by atoms with Crippen molar-refractivity contribution in [3.63, 3.8) is 0 Å². The highest BCUT2D eigenvalue weighted by Gasteiger charge is 2.14. The number of nitrogens with one attached hydrogen (secondary N) is 1. The second-order valence-corrected chi connectivity index (χ2v) is 5.88. The van der Waals surface area contributed by atoms with Crippen LogP contribution in [-0.2, 0) is 4.74 Å². The molecule has 0 saturated carbocycles. The van der Waals surface area contributed by atoms with E-state index in [0.717, 1.165) is 18.5 Å². The molecule has 1 aromatic carbocycles. The lowest BCUT2D eigenvalue weighted by Crippen LogP contribution is -2.17. The highest BCUT2D eigenvalue weighted by atomic mass is 32.2. The van der Waals surface area contributed by atoms with Crippen molar-refractivity contribution in [2.45, 2.75) is 36.0 Å². The van der Waals surface area contributed by atoms with E-state index in [-0.39, 0.29) is 0 Å². The maximum Gasteiger partial charge on any atom is 0.0476 e. The highest BCUT2D eigenvalue weighted by molar-refractivity contribution is 8.00. The van der Waals surface area contributed by atoms with Crippen LogP contribution in [0.25, 0.3) is 0 Å². The first kappa shape index (κ1) is 12.9. The zero-order valence-corrected chi connectivity index (χ0v) is 11.4. The van der Waals surface area contributed by atoms with Crippen LogP contribution >= 0.6 is 11.8 Å². The van der Waals surface area contributed by atoms with E-state index in [1.54, 1.807) is 0 Å². The Labute approximate surface area is 108 Å². The molecule has 1 aromatic rings. The molecule has 0 bridgehead atoms. The Morgan fingerprint density at radius 1 is 1.24 bits per heavy atom. The fourth-order valence-corrected chi connectivity index (χ4v) is 3.09. The fraction of sp³-hybridized carbons (Fsp3) is 0.571. The second-order valence-electron chi connectivity index (χ2n) is 4.51. The molecule has 1 heterocycles. The average molecular weight is 251 g/mol. The van der Waals surface area contributed by atoms with E-state index < -0.39 is 0 Å². The van der Waals surface area contributed by atoms with Crippen molar-refractivity contribution in [3.05, 3.63) is 29.8 Å². The number of rotatable bonds is 4. The summed E-state index contributed by atoms with van der Waals surface area (Å²) in [7, 11) is 2.00. The first-order valence-electron chi connectivity index (χ1n) is 6.31. The van der Waals surface area contributed by atoms with Gasteiger partial charge in [0.15, 0.2) is 0 Å². The third-order valence-electron chi connectivity index (χ3n) is 3.28. The minimum atomic E-state index is 0.428. The summed E-state index contributed by atoms with van der Waals surface area (Å²) in [5.74, 6) is 0. The van der Waals surface area contributed by atoms with Gasteiger partial charge in [0.05, 0.1) is 0 Å². The number of benzene rings is 1. The lowest BCUT2D eigenvalue weighted by molar-refractivity contribution is 0.100. The van der Waals surface area contributed by atoms with Gasteiger partial charge in [0.2, 0.25) is 0 Å². The van der Waals surface area contributed by atoms with Crippen LogP contribution in [0.5, 0.6) is 0 Å². The van der Waals surface area contributed by atoms with Gasteiger partial charge in [0.1, 0.15) is 0 Å². The first-order chi connectivity index (χ1) is 8.29. The van der Waals surface area contributed by atoms with Crippen molar-refractivity contribution in [2.75, 3.05) is 20.3 Å². The van der Waals surface area contributed by atoms with E-state index in [4.69, 9.17) is 4.74 Å². The molecule has 1 N–H and O–H groups in total. The normalized spacial score (nSPS) is 19.2. The molecule has 0 aliphatic carbocycles. The number of hydrogen-bond donors (Lipinski definition) is 1. The number of ether oxygens (including phenoxy) is 1. The molecular formula is C14H21NOS. The lowest BCUT2D eigenvalue weighted by atomic mass is 10.1. The molecule has 1 saturated heterocycles. The van der Waals surface area contributed by atoms with Crippen molar-refractivity contribution in [2.24, 2.45) is 0 Å². The Morgan fingerprint density at radius 3 is 2.47 bits per heavy atom. The average Bonchev–Trinajstić information content (AvgIpc) is 2.40. The van der Waals surface area contributed by atoms with Gasteiger partial charge in [-0.2, -0.15) is 0 Å². The van der Waals surface area contributed by atoms with E-state index in [9.17, 15) is 0 Å². The predicted molar refractivity (Wildman–Crippen MR) is 73.6 cm³/mol. The summed E-state index contributed by atoms with van der Waals surface area (Å²) >= 11 is 1.99. The maximum absolute atomic E-state index is 5.38. The quantitative estimate of drug-likeness (QED) is 0.887. The van der Waals surface area contributed by atoms with Crippen molar-refractivity contribution in [3.8, 4) is 0 Å². The second kappa shape index (κ2) is 6.43. The molecule has 1 fully saturated rings. The van der Waals surface area contributed by atoms with E-state index in [2.05, 4.69) is 36.5 Å². The molecule has 1 unspecified atom stereocenters. The largest absolute Gasteiger partial charge is 0.381 e. The van der Waals surface area contributed by atoms with Gasteiger partial charge < -0.3 is 10.1 Å². The van der Waals surface area contributed by atoms with Crippen LogP contribution in [0.3, 0.4) is 0 Å². The smallest absolute Gasteiger partial charge is 0.0476 e. The summed E-state index contributed by atoms with van der Waals surface area (Å²) in [6, 6.07) is 9.36. The Bertz CT molecular complexity index is 333. The van der Waals surface area contributed by atoms with Crippen LogP contribution in [0.2, 0.25) is 0 Å². The molecule has 1 aliphatic heterocycles. The van der Waals surface area contributed by atoms with Crippen molar-refractivity contribution >= 4 is 11.8 Å². The highest BCUT2D eigenvalue weighted by Crippen LogP contribution is 2.30. The van der Waals surface area contributed by atoms with Gasteiger partial charge in [-0.25, -0.2) is 0 Å². The molecule has 1 atom stereocenters. The van der Waals surface area contributed by atoms with Gasteiger partial charge >= 0.3 is 0 Å². The molecule has 0 aromatic heterocycles. The Kier molecular flexibility index (Phi) is 4.89. The monoisotopic (exact) mass is 251 g/mol. The summed E-state index contributed by atoms with van der Waals surface area (Å²) in [5.41, 5.74) is 1.35. The van der Waals surface area contributed by atoms with Crippen LogP contribution in [-0.4, -0.2) is 25.5 Å². The molecule has 2 rings (SSSR count). The van der Waals surface area contributed by atoms with Gasteiger partial charge in [-0.15, -0.1) is 11.8 Å². The standard InChI is InChI=1S/C14H21NOS/c1-11(15-2)12-3-5-13(6-4-12)17-14-7-9-16-10-8-14/h3-6,11,14-15H,7-10H2,1-2H3. The third-order valence-corrected chi connectivity index (χ3v) is 4.63. The third kappa shape index (κ3) is 3.73. The Hall–Kier alpha value is -0.510. The summed E-state index contributed by atoms with van der Waals surface area (Å²) < 4.78 is 5.38. The molecule has 0 amide bonds. The van der Waals surface area contributed by atoms with Crippen molar-refractivity contribution < 1.29 is 4.74 Å². The minimum Gasteiger partial charge on any atom is -0.381 e. The van der Waals surface area contributed by atoms with Crippen molar-refractivity contribution in [1.29, 1.82) is 0 Å². The van der Waals surface area contributed by atoms with Crippen molar-refractivity contribution in [1.82, 2.24) is 5.32 Å². The molecule has 3 heteroatoms. The Balaban J connectivity index is 1.93. The van der Waals surface area contributed by atoms with E-state index in [0.29, 0.717) is 6.04 Å². The topological polar surface area (TPSA) is 21.3 Å². The van der Waals surface area contributed by atoms with Crippen LogP contribution in [0, 0.1) is 0 Å². The molecular weight excluding hydrogens is 230 g/mol. The van der Waals surface area contributed by atoms with E-state index in [1.165, 1.54) is 23.3 Å². The van der Waals surface area contributed by atoms with Gasteiger partial charge in [-0.3, -0.25) is 0 Å². The molecule has 17 heavy (non-hydrogen) atoms. The molecule has 2 nitrogen and oxygen atoms in total. The summed E-state index contributed by atoms with van der Waals surface area (Å²) in [6.45, 7) is 4.03. The summed E-state index contributed by atoms with van der Waals surface area (Å²) in [5, 5.41) is 3.99. The maximum atomic E-state index is 5.38. The molecule has 0 radical (unpaired) electrons. The van der Waals surface area contributed by atoms with E-state index >= 15 is 0 Å². The van der Waals surface area contributed by atoms with Crippen LogP contribution in [0.15, 0.2) is 29.2 Å². The minimum absolute atomic E-state index is 0.428. The predicted octanol–water partition coefficient (Wildman–Crippen LogP) is 3.24. The Morgan fingerprint density at radius 2 is 1.88 bits per heavy atom. The van der Waals surface area contributed by atoms with Gasteiger partial charge in [-0.05, 0) is 44.5 Å².